The topological polar surface area (TPSA) is 59.6 Å². The van der Waals surface area contributed by atoms with Crippen molar-refractivity contribution < 1.29 is 14.3 Å². The second kappa shape index (κ2) is 10.4. The first-order valence-corrected chi connectivity index (χ1v) is 7.52. The van der Waals surface area contributed by atoms with E-state index < -0.39 is 0 Å². The van der Waals surface area contributed by atoms with Crippen LogP contribution in [0.2, 0.25) is 0 Å². The van der Waals surface area contributed by atoms with Gasteiger partial charge in [0, 0.05) is 13.2 Å². The Kier molecular flexibility index (Phi) is 8.89. The highest BCUT2D eigenvalue weighted by molar-refractivity contribution is 5.85. The Labute approximate surface area is 138 Å². The van der Waals surface area contributed by atoms with E-state index in [0.717, 1.165) is 31.7 Å². The Balaban J connectivity index is 0.00000242. The maximum absolute atomic E-state index is 11.6. The molecule has 0 bridgehead atoms. The first-order chi connectivity index (χ1) is 10.2. The minimum Gasteiger partial charge on any atom is -0.492 e. The van der Waals surface area contributed by atoms with E-state index in [2.05, 4.69) is 10.6 Å². The maximum atomic E-state index is 11.6. The molecule has 1 saturated heterocycles. The lowest BCUT2D eigenvalue weighted by Gasteiger charge is -2.11. The van der Waals surface area contributed by atoms with Crippen LogP contribution in [0.15, 0.2) is 24.3 Å². The van der Waals surface area contributed by atoms with Gasteiger partial charge in [-0.3, -0.25) is 4.79 Å². The molecule has 1 unspecified atom stereocenters. The smallest absolute Gasteiger partial charge is 0.234 e. The van der Waals surface area contributed by atoms with Crippen molar-refractivity contribution in [2.45, 2.75) is 25.9 Å². The third kappa shape index (κ3) is 7.11. The van der Waals surface area contributed by atoms with Gasteiger partial charge in [-0.15, -0.1) is 12.4 Å². The summed E-state index contributed by atoms with van der Waals surface area (Å²) in [5.74, 6) is 0.812. The normalized spacial score (nSPS) is 16.9. The molecule has 1 fully saturated rings. The number of carbonyl (C=O) groups is 1. The van der Waals surface area contributed by atoms with Crippen LogP contribution >= 0.6 is 12.4 Å². The highest BCUT2D eigenvalue weighted by Gasteiger charge is 2.14. The molecule has 0 aromatic heterocycles. The number of amides is 1. The molecule has 0 saturated carbocycles. The molecule has 2 rings (SSSR count). The standard InChI is InChI=1S/C16H24N2O3.ClH/c1-13-4-6-14(7-5-13)21-10-8-18-16(19)12-17-11-15-3-2-9-20-15;/h4-7,15,17H,2-3,8-12H2,1H3,(H,18,19);1H. The van der Waals surface area contributed by atoms with Gasteiger partial charge < -0.3 is 20.1 Å². The summed E-state index contributed by atoms with van der Waals surface area (Å²) in [6, 6.07) is 7.87. The molecule has 2 N–H and O–H groups in total. The predicted octanol–water partition coefficient (Wildman–Crippen LogP) is 1.68. The van der Waals surface area contributed by atoms with Crippen LogP contribution in [0.1, 0.15) is 18.4 Å². The van der Waals surface area contributed by atoms with Crippen molar-refractivity contribution in [2.24, 2.45) is 0 Å². The Hall–Kier alpha value is -1.30. The lowest BCUT2D eigenvalue weighted by molar-refractivity contribution is -0.120. The van der Waals surface area contributed by atoms with Crippen molar-refractivity contribution in [1.82, 2.24) is 10.6 Å². The van der Waals surface area contributed by atoms with Crippen LogP contribution < -0.4 is 15.4 Å². The highest BCUT2D eigenvalue weighted by atomic mass is 35.5. The molecule has 1 heterocycles. The molecule has 1 atom stereocenters. The van der Waals surface area contributed by atoms with Crippen molar-refractivity contribution in [3.8, 4) is 5.75 Å². The summed E-state index contributed by atoms with van der Waals surface area (Å²) in [7, 11) is 0. The van der Waals surface area contributed by atoms with Gasteiger partial charge >= 0.3 is 0 Å². The second-order valence-corrected chi connectivity index (χ2v) is 5.28. The first kappa shape index (κ1) is 18.7. The lowest BCUT2D eigenvalue weighted by atomic mass is 10.2. The molecule has 124 valence electrons. The summed E-state index contributed by atoms with van der Waals surface area (Å²) in [6.45, 7) is 4.93. The van der Waals surface area contributed by atoms with E-state index in [0.29, 0.717) is 19.7 Å². The van der Waals surface area contributed by atoms with E-state index in [1.165, 1.54) is 5.56 Å². The summed E-state index contributed by atoms with van der Waals surface area (Å²) >= 11 is 0. The number of aryl methyl sites for hydroxylation is 1. The fraction of sp³-hybridized carbons (Fsp3) is 0.562. The first-order valence-electron chi connectivity index (χ1n) is 7.52. The number of rotatable bonds is 8. The minimum atomic E-state index is -0.0134. The van der Waals surface area contributed by atoms with Gasteiger partial charge in [0.15, 0.2) is 0 Å². The number of carbonyl (C=O) groups excluding carboxylic acids is 1. The van der Waals surface area contributed by atoms with Gasteiger partial charge in [0.05, 0.1) is 19.2 Å². The Bertz CT molecular complexity index is 434. The van der Waals surface area contributed by atoms with E-state index in [1.807, 2.05) is 31.2 Å². The van der Waals surface area contributed by atoms with Gasteiger partial charge in [-0.05, 0) is 31.9 Å². The van der Waals surface area contributed by atoms with Crippen molar-refractivity contribution in [3.63, 3.8) is 0 Å². The van der Waals surface area contributed by atoms with Crippen LogP contribution in [0.3, 0.4) is 0 Å². The van der Waals surface area contributed by atoms with Gasteiger partial charge in [-0.25, -0.2) is 0 Å². The molecule has 0 spiro atoms. The zero-order chi connectivity index (χ0) is 14.9. The SMILES string of the molecule is Cc1ccc(OCCNC(=O)CNCC2CCCO2)cc1.Cl. The van der Waals surface area contributed by atoms with Gasteiger partial charge in [0.1, 0.15) is 12.4 Å². The van der Waals surface area contributed by atoms with Crippen molar-refractivity contribution in [3.05, 3.63) is 29.8 Å². The molecule has 22 heavy (non-hydrogen) atoms. The van der Waals surface area contributed by atoms with Crippen molar-refractivity contribution in [2.75, 3.05) is 32.8 Å². The van der Waals surface area contributed by atoms with Crippen molar-refractivity contribution >= 4 is 18.3 Å². The number of halogens is 1. The fourth-order valence-corrected chi connectivity index (χ4v) is 2.21. The van der Waals surface area contributed by atoms with Crippen LogP contribution in [0.25, 0.3) is 0 Å². The minimum absolute atomic E-state index is 0. The van der Waals surface area contributed by atoms with Crippen LogP contribution in [-0.4, -0.2) is 44.9 Å². The third-order valence-electron chi connectivity index (χ3n) is 3.40. The molecule has 1 aromatic rings. The molecule has 0 aliphatic carbocycles. The highest BCUT2D eigenvalue weighted by Crippen LogP contribution is 2.11. The van der Waals surface area contributed by atoms with E-state index in [4.69, 9.17) is 9.47 Å². The molecule has 5 nitrogen and oxygen atoms in total. The number of nitrogens with one attached hydrogen (secondary N) is 2. The molecule has 0 radical (unpaired) electrons. The summed E-state index contributed by atoms with van der Waals surface area (Å²) in [4.78, 5) is 11.6. The quantitative estimate of drug-likeness (QED) is 0.713. The largest absolute Gasteiger partial charge is 0.492 e. The molecule has 1 aliphatic heterocycles. The zero-order valence-corrected chi connectivity index (χ0v) is 13.8. The Morgan fingerprint density at radius 1 is 1.36 bits per heavy atom. The molecule has 1 amide bonds. The van der Waals surface area contributed by atoms with Crippen LogP contribution in [0.4, 0.5) is 0 Å². The van der Waals surface area contributed by atoms with E-state index in [1.54, 1.807) is 0 Å². The molecule has 1 aromatic carbocycles. The number of ether oxygens (including phenoxy) is 2. The Morgan fingerprint density at radius 2 is 2.14 bits per heavy atom. The molecular formula is C16H25ClN2O3. The average Bonchev–Trinajstić information content (AvgIpc) is 2.99. The van der Waals surface area contributed by atoms with Gasteiger partial charge in [0.2, 0.25) is 5.91 Å². The van der Waals surface area contributed by atoms with Gasteiger partial charge in [0.25, 0.3) is 0 Å². The van der Waals surface area contributed by atoms with E-state index >= 15 is 0 Å². The van der Waals surface area contributed by atoms with E-state index in [-0.39, 0.29) is 24.4 Å². The van der Waals surface area contributed by atoms with Crippen LogP contribution in [-0.2, 0) is 9.53 Å². The summed E-state index contributed by atoms with van der Waals surface area (Å²) < 4.78 is 11.0. The average molecular weight is 329 g/mol. The third-order valence-corrected chi connectivity index (χ3v) is 3.40. The fourth-order valence-electron chi connectivity index (χ4n) is 2.21. The molecule has 1 aliphatic rings. The Morgan fingerprint density at radius 3 is 2.82 bits per heavy atom. The maximum Gasteiger partial charge on any atom is 0.234 e. The summed E-state index contributed by atoms with van der Waals surface area (Å²) in [5, 5.41) is 5.94. The van der Waals surface area contributed by atoms with Crippen LogP contribution in [0.5, 0.6) is 5.75 Å². The monoisotopic (exact) mass is 328 g/mol. The zero-order valence-electron chi connectivity index (χ0n) is 13.0. The lowest BCUT2D eigenvalue weighted by Crippen LogP contribution is -2.38. The van der Waals surface area contributed by atoms with Gasteiger partial charge in [-0.1, -0.05) is 17.7 Å². The molecular weight excluding hydrogens is 304 g/mol. The second-order valence-electron chi connectivity index (χ2n) is 5.28. The predicted molar refractivity (Wildman–Crippen MR) is 88.8 cm³/mol. The number of hydrogen-bond acceptors (Lipinski definition) is 4. The van der Waals surface area contributed by atoms with Crippen LogP contribution in [0, 0.1) is 6.92 Å². The summed E-state index contributed by atoms with van der Waals surface area (Å²) in [6.07, 6.45) is 2.47. The number of hydrogen-bond donors (Lipinski definition) is 2. The van der Waals surface area contributed by atoms with Gasteiger partial charge in [-0.2, -0.15) is 0 Å². The molecule has 6 heteroatoms. The van der Waals surface area contributed by atoms with Crippen molar-refractivity contribution in [1.29, 1.82) is 0 Å². The number of benzene rings is 1. The summed E-state index contributed by atoms with van der Waals surface area (Å²) in [5.41, 5.74) is 1.20. The van der Waals surface area contributed by atoms with E-state index in [9.17, 15) is 4.79 Å².